The number of nitrogens with one attached hydrogen (secondary N) is 1. The molecule has 1 aromatic carbocycles. The third-order valence-electron chi connectivity index (χ3n) is 2.60. The quantitative estimate of drug-likeness (QED) is 0.786. The van der Waals surface area contributed by atoms with Crippen molar-refractivity contribution in [2.75, 3.05) is 23.8 Å². The Morgan fingerprint density at radius 3 is 2.94 bits per heavy atom. The minimum Gasteiger partial charge on any atom is -0.480 e. The van der Waals surface area contributed by atoms with E-state index in [2.05, 4.69) is 5.32 Å². The fraction of sp³-hybridized carbons (Fsp3) is 0.273. The molecule has 1 aromatic rings. The van der Waals surface area contributed by atoms with Crippen LogP contribution in [-0.2, 0) is 16.0 Å². The largest absolute Gasteiger partial charge is 0.480 e. The van der Waals surface area contributed by atoms with Crippen molar-refractivity contribution in [1.82, 2.24) is 0 Å². The first-order chi connectivity index (χ1) is 7.61. The number of hydrogen-bond donors (Lipinski definition) is 2. The summed E-state index contributed by atoms with van der Waals surface area (Å²) < 4.78 is 0. The summed E-state index contributed by atoms with van der Waals surface area (Å²) in [5, 5.41) is 11.7. The Labute approximate surface area is 92.7 Å². The minimum atomic E-state index is -1.00. The highest BCUT2D eigenvalue weighted by Crippen LogP contribution is 2.30. The maximum Gasteiger partial charge on any atom is 0.323 e. The van der Waals surface area contributed by atoms with Crippen molar-refractivity contribution < 1.29 is 14.7 Å². The molecule has 5 nitrogen and oxygen atoms in total. The molecule has 0 fully saturated rings. The minimum absolute atomic E-state index is 0.161. The number of carboxylic acid groups (broad SMARTS) is 1. The lowest BCUT2D eigenvalue weighted by Gasteiger charge is -2.14. The van der Waals surface area contributed by atoms with Crippen molar-refractivity contribution in [3.63, 3.8) is 0 Å². The molecule has 1 amide bonds. The van der Waals surface area contributed by atoms with Gasteiger partial charge in [0, 0.05) is 18.4 Å². The molecule has 1 aliphatic rings. The van der Waals surface area contributed by atoms with Crippen molar-refractivity contribution in [3.05, 3.63) is 23.8 Å². The van der Waals surface area contributed by atoms with E-state index in [1.54, 1.807) is 13.1 Å². The van der Waals surface area contributed by atoms with Crippen molar-refractivity contribution in [1.29, 1.82) is 0 Å². The lowest BCUT2D eigenvalue weighted by atomic mass is 10.1. The van der Waals surface area contributed by atoms with Crippen LogP contribution in [0.2, 0.25) is 0 Å². The zero-order valence-corrected chi connectivity index (χ0v) is 8.86. The number of nitrogens with zero attached hydrogens (tertiary/aromatic N) is 1. The smallest absolute Gasteiger partial charge is 0.323 e. The summed E-state index contributed by atoms with van der Waals surface area (Å²) >= 11 is 0. The van der Waals surface area contributed by atoms with Crippen LogP contribution in [0.5, 0.6) is 0 Å². The van der Waals surface area contributed by atoms with Crippen LogP contribution in [0.1, 0.15) is 5.56 Å². The molecule has 84 valence electrons. The van der Waals surface area contributed by atoms with E-state index in [-0.39, 0.29) is 18.9 Å². The zero-order chi connectivity index (χ0) is 11.7. The van der Waals surface area contributed by atoms with E-state index in [9.17, 15) is 9.59 Å². The first-order valence-corrected chi connectivity index (χ1v) is 4.94. The number of anilines is 2. The molecule has 2 N–H and O–H groups in total. The van der Waals surface area contributed by atoms with Gasteiger partial charge in [-0.05, 0) is 23.8 Å². The topological polar surface area (TPSA) is 69.6 Å². The van der Waals surface area contributed by atoms with E-state index >= 15 is 0 Å². The summed E-state index contributed by atoms with van der Waals surface area (Å²) in [7, 11) is 1.80. The second-order valence-corrected chi connectivity index (χ2v) is 3.64. The first kappa shape index (κ1) is 10.5. The molecular weight excluding hydrogens is 208 g/mol. The third-order valence-corrected chi connectivity index (χ3v) is 2.60. The van der Waals surface area contributed by atoms with Gasteiger partial charge in [-0.25, -0.2) is 0 Å². The molecule has 1 heterocycles. The van der Waals surface area contributed by atoms with Crippen LogP contribution in [0.3, 0.4) is 0 Å². The van der Waals surface area contributed by atoms with Gasteiger partial charge in [0.1, 0.15) is 6.54 Å². The number of amides is 1. The molecule has 0 saturated carbocycles. The van der Waals surface area contributed by atoms with E-state index in [1.165, 1.54) is 4.90 Å². The van der Waals surface area contributed by atoms with Crippen molar-refractivity contribution in [2.45, 2.75) is 6.42 Å². The van der Waals surface area contributed by atoms with Crippen LogP contribution >= 0.6 is 0 Å². The number of carbonyl (C=O) groups is 2. The van der Waals surface area contributed by atoms with Gasteiger partial charge in [0.2, 0.25) is 5.91 Å². The molecule has 0 aliphatic carbocycles. The molecule has 0 unspecified atom stereocenters. The molecule has 0 aromatic heterocycles. The normalized spacial score (nSPS) is 13.8. The van der Waals surface area contributed by atoms with Gasteiger partial charge in [-0.1, -0.05) is 0 Å². The summed E-state index contributed by atoms with van der Waals surface area (Å²) in [6.07, 6.45) is 0.276. The second kappa shape index (κ2) is 3.84. The van der Waals surface area contributed by atoms with E-state index in [4.69, 9.17) is 5.11 Å². The highest BCUT2D eigenvalue weighted by atomic mass is 16.4. The monoisotopic (exact) mass is 220 g/mol. The fourth-order valence-electron chi connectivity index (χ4n) is 1.85. The van der Waals surface area contributed by atoms with Crippen LogP contribution in [0.25, 0.3) is 0 Å². The summed E-state index contributed by atoms with van der Waals surface area (Å²) in [5.74, 6) is -1.16. The Morgan fingerprint density at radius 2 is 2.31 bits per heavy atom. The highest BCUT2D eigenvalue weighted by molar-refractivity contribution is 6.04. The SMILES string of the molecule is CNc1ccc2c(c1)CC(=O)N2CC(=O)O. The molecular formula is C11H12N2O3. The highest BCUT2D eigenvalue weighted by Gasteiger charge is 2.28. The maximum absolute atomic E-state index is 11.6. The molecule has 0 radical (unpaired) electrons. The van der Waals surface area contributed by atoms with E-state index in [0.29, 0.717) is 5.69 Å². The third kappa shape index (κ3) is 1.71. The Balaban J connectivity index is 2.34. The van der Waals surface area contributed by atoms with Gasteiger partial charge in [0.05, 0.1) is 6.42 Å². The Bertz CT molecular complexity index is 457. The molecule has 0 saturated heterocycles. The molecule has 0 bridgehead atoms. The average Bonchev–Trinajstić information content (AvgIpc) is 2.54. The summed E-state index contributed by atoms with van der Waals surface area (Å²) in [6, 6.07) is 5.47. The van der Waals surface area contributed by atoms with Crippen LogP contribution in [0, 0.1) is 0 Å². The van der Waals surface area contributed by atoms with Crippen LogP contribution in [-0.4, -0.2) is 30.6 Å². The molecule has 0 spiro atoms. The lowest BCUT2D eigenvalue weighted by Crippen LogP contribution is -2.32. The Hall–Kier alpha value is -2.04. The second-order valence-electron chi connectivity index (χ2n) is 3.64. The van der Waals surface area contributed by atoms with Gasteiger partial charge in [-0.2, -0.15) is 0 Å². The lowest BCUT2D eigenvalue weighted by molar-refractivity contribution is -0.136. The van der Waals surface area contributed by atoms with Crippen LogP contribution < -0.4 is 10.2 Å². The van der Waals surface area contributed by atoms with Gasteiger partial charge in [-0.3, -0.25) is 9.59 Å². The number of aliphatic carboxylic acids is 1. The number of fused-ring (bicyclic) bond motifs is 1. The Morgan fingerprint density at radius 1 is 1.56 bits per heavy atom. The maximum atomic E-state index is 11.6. The summed E-state index contributed by atoms with van der Waals surface area (Å²) in [5.41, 5.74) is 2.49. The van der Waals surface area contributed by atoms with Gasteiger partial charge >= 0.3 is 5.97 Å². The summed E-state index contributed by atoms with van der Waals surface area (Å²) in [6.45, 7) is -0.273. The predicted molar refractivity (Wildman–Crippen MR) is 59.7 cm³/mol. The van der Waals surface area contributed by atoms with Crippen molar-refractivity contribution in [3.8, 4) is 0 Å². The number of carboxylic acids is 1. The van der Waals surface area contributed by atoms with E-state index in [1.807, 2.05) is 12.1 Å². The zero-order valence-electron chi connectivity index (χ0n) is 8.86. The van der Waals surface area contributed by atoms with Gasteiger partial charge in [0.25, 0.3) is 0 Å². The van der Waals surface area contributed by atoms with Crippen LogP contribution in [0.15, 0.2) is 18.2 Å². The van der Waals surface area contributed by atoms with E-state index < -0.39 is 5.97 Å². The van der Waals surface area contributed by atoms with Gasteiger partial charge < -0.3 is 15.3 Å². The molecule has 5 heteroatoms. The van der Waals surface area contributed by atoms with Crippen molar-refractivity contribution in [2.24, 2.45) is 0 Å². The average molecular weight is 220 g/mol. The Kier molecular flexibility index (Phi) is 2.52. The van der Waals surface area contributed by atoms with Gasteiger partial charge in [0.15, 0.2) is 0 Å². The van der Waals surface area contributed by atoms with Gasteiger partial charge in [-0.15, -0.1) is 0 Å². The standard InChI is InChI=1S/C11H12N2O3/c1-12-8-2-3-9-7(4-8)5-10(14)13(9)6-11(15)16/h2-4,12H,5-6H2,1H3,(H,15,16). The molecule has 1 aliphatic heterocycles. The first-order valence-electron chi connectivity index (χ1n) is 4.94. The summed E-state index contributed by atoms with van der Waals surface area (Å²) in [4.78, 5) is 23.5. The number of benzene rings is 1. The van der Waals surface area contributed by atoms with Crippen molar-refractivity contribution >= 4 is 23.3 Å². The predicted octanol–water partition coefficient (Wildman–Crippen LogP) is 0.702. The molecule has 16 heavy (non-hydrogen) atoms. The molecule has 2 rings (SSSR count). The van der Waals surface area contributed by atoms with E-state index in [0.717, 1.165) is 11.3 Å². The molecule has 0 atom stereocenters. The number of hydrogen-bond acceptors (Lipinski definition) is 3. The number of rotatable bonds is 3. The fourth-order valence-corrected chi connectivity index (χ4v) is 1.85. The number of carbonyl (C=O) groups excluding carboxylic acids is 1. The van der Waals surface area contributed by atoms with Crippen LogP contribution in [0.4, 0.5) is 11.4 Å².